The number of aryl methyl sites for hydroxylation is 1. The molecule has 33 heavy (non-hydrogen) atoms. The third-order valence-electron chi connectivity index (χ3n) is 5.85. The Morgan fingerprint density at radius 3 is 2.48 bits per heavy atom. The highest BCUT2D eigenvalue weighted by Crippen LogP contribution is 2.28. The molecule has 1 fully saturated rings. The molecule has 1 amide bonds. The van der Waals surface area contributed by atoms with Gasteiger partial charge in [-0.1, -0.05) is 11.6 Å². The average Bonchev–Trinajstić information content (AvgIpc) is 2.78. The number of ether oxygens (including phenoxy) is 1. The van der Waals surface area contributed by atoms with E-state index >= 15 is 0 Å². The van der Waals surface area contributed by atoms with E-state index in [1.54, 1.807) is 24.3 Å². The summed E-state index contributed by atoms with van der Waals surface area (Å²) in [4.78, 5) is 35.6. The van der Waals surface area contributed by atoms with E-state index in [0.29, 0.717) is 48.4 Å². The van der Waals surface area contributed by atoms with Crippen LogP contribution in [0.3, 0.4) is 0 Å². The first-order valence-electron chi connectivity index (χ1n) is 11.0. The number of halogens is 2. The van der Waals surface area contributed by atoms with Gasteiger partial charge >= 0.3 is 5.97 Å². The number of nitrogens with one attached hydrogen (secondary N) is 1. The molecule has 2 aromatic rings. The highest BCUT2D eigenvalue weighted by atomic mass is 35.5. The van der Waals surface area contributed by atoms with Crippen LogP contribution in [0.1, 0.15) is 64.8 Å². The Hall–Kier alpha value is -2.93. The predicted octanol–water partition coefficient (Wildman–Crippen LogP) is 5.20. The number of carboxylic acid groups (broad SMARTS) is 1. The summed E-state index contributed by atoms with van der Waals surface area (Å²) in [6.07, 6.45) is 2.58. The second-order valence-corrected chi connectivity index (χ2v) is 8.73. The smallest absolute Gasteiger partial charge is 0.306 e. The summed E-state index contributed by atoms with van der Waals surface area (Å²) >= 11 is 5.96. The molecule has 0 saturated heterocycles. The summed E-state index contributed by atoms with van der Waals surface area (Å²) in [5, 5.41) is 12.4. The van der Waals surface area contributed by atoms with Crippen molar-refractivity contribution in [3.05, 3.63) is 63.9 Å². The molecule has 176 valence electrons. The highest BCUT2D eigenvalue weighted by molar-refractivity contribution is 6.31. The number of hydrogen-bond donors (Lipinski definition) is 2. The predicted molar refractivity (Wildman–Crippen MR) is 122 cm³/mol. The lowest BCUT2D eigenvalue weighted by Gasteiger charge is -2.26. The summed E-state index contributed by atoms with van der Waals surface area (Å²) in [5.41, 5.74) is 1.27. The maximum atomic E-state index is 14.5. The molecule has 6 nitrogen and oxygen atoms in total. The molecule has 0 aliphatic heterocycles. The van der Waals surface area contributed by atoms with Crippen molar-refractivity contribution in [2.24, 2.45) is 5.92 Å². The fraction of sp³-hybridized carbons (Fsp3) is 0.400. The molecule has 1 aliphatic carbocycles. The molecule has 1 saturated carbocycles. The molecule has 1 aliphatic rings. The van der Waals surface area contributed by atoms with Crippen molar-refractivity contribution < 1.29 is 28.6 Å². The standard InChI is InChI=1S/C25H27ClFNO5/c1-15-13-17(6-11-21(15)26)24(30)28-12-2-3-23(29)20-10-9-19(14-22(20)27)33-18-7-4-16(5-8-18)25(31)32/h6,9-11,13-14,16,18H,2-5,7-8,12H2,1H3,(H,28,30)(H,31,32). The Labute approximate surface area is 197 Å². The van der Waals surface area contributed by atoms with E-state index in [2.05, 4.69) is 5.32 Å². The monoisotopic (exact) mass is 475 g/mol. The SMILES string of the molecule is Cc1cc(C(=O)NCCCC(=O)c2ccc(OC3CCC(C(=O)O)CC3)cc2F)ccc1Cl. The van der Waals surface area contributed by atoms with Crippen LogP contribution < -0.4 is 10.1 Å². The van der Waals surface area contributed by atoms with Crippen molar-refractivity contribution >= 4 is 29.3 Å². The first-order chi connectivity index (χ1) is 15.7. The lowest BCUT2D eigenvalue weighted by molar-refractivity contribution is -0.143. The van der Waals surface area contributed by atoms with Gasteiger partial charge in [-0.25, -0.2) is 4.39 Å². The Morgan fingerprint density at radius 2 is 1.85 bits per heavy atom. The fourth-order valence-corrected chi connectivity index (χ4v) is 4.01. The van der Waals surface area contributed by atoms with E-state index in [0.717, 1.165) is 5.56 Å². The number of benzene rings is 2. The van der Waals surface area contributed by atoms with Gasteiger partial charge in [0.05, 0.1) is 17.6 Å². The Morgan fingerprint density at radius 1 is 1.12 bits per heavy atom. The number of ketones is 1. The second-order valence-electron chi connectivity index (χ2n) is 8.32. The fourth-order valence-electron chi connectivity index (χ4n) is 3.89. The molecular formula is C25H27ClFNO5. The van der Waals surface area contributed by atoms with E-state index in [1.165, 1.54) is 12.1 Å². The molecule has 0 unspecified atom stereocenters. The summed E-state index contributed by atoms with van der Waals surface area (Å²) in [5.74, 6) is -2.07. The maximum Gasteiger partial charge on any atom is 0.306 e. The summed E-state index contributed by atoms with van der Waals surface area (Å²) < 4.78 is 20.3. The van der Waals surface area contributed by atoms with Crippen LogP contribution in [0.2, 0.25) is 5.02 Å². The first kappa shape index (κ1) is 24.7. The minimum absolute atomic E-state index is 0.0170. The van der Waals surface area contributed by atoms with E-state index < -0.39 is 11.8 Å². The average molecular weight is 476 g/mol. The van der Waals surface area contributed by atoms with Gasteiger partial charge in [-0.15, -0.1) is 0 Å². The number of hydrogen-bond acceptors (Lipinski definition) is 4. The second kappa shape index (κ2) is 11.3. The number of aliphatic carboxylic acids is 1. The van der Waals surface area contributed by atoms with Crippen molar-refractivity contribution in [2.75, 3.05) is 6.54 Å². The normalized spacial score (nSPS) is 17.9. The third-order valence-corrected chi connectivity index (χ3v) is 6.28. The molecule has 3 rings (SSSR count). The first-order valence-corrected chi connectivity index (χ1v) is 11.4. The zero-order chi connectivity index (χ0) is 24.0. The molecule has 0 spiro atoms. The zero-order valence-corrected chi connectivity index (χ0v) is 19.2. The quantitative estimate of drug-likeness (QED) is 0.384. The molecule has 0 aromatic heterocycles. The van der Waals surface area contributed by atoms with Gasteiger partial charge in [0.15, 0.2) is 5.78 Å². The summed E-state index contributed by atoms with van der Waals surface area (Å²) in [6.45, 7) is 2.10. The molecule has 2 aromatic carbocycles. The van der Waals surface area contributed by atoms with E-state index in [1.807, 2.05) is 6.92 Å². The number of amides is 1. The minimum Gasteiger partial charge on any atom is -0.490 e. The third kappa shape index (κ3) is 6.78. The zero-order valence-electron chi connectivity index (χ0n) is 18.4. The maximum absolute atomic E-state index is 14.5. The Bertz CT molecular complexity index is 1030. The van der Waals surface area contributed by atoms with Crippen LogP contribution in [0, 0.1) is 18.7 Å². The van der Waals surface area contributed by atoms with Crippen LogP contribution in [0.25, 0.3) is 0 Å². The van der Waals surface area contributed by atoms with Crippen molar-refractivity contribution in [1.82, 2.24) is 5.32 Å². The minimum atomic E-state index is -0.790. The molecule has 0 atom stereocenters. The van der Waals surface area contributed by atoms with Gasteiger partial charge in [0, 0.05) is 29.6 Å². The van der Waals surface area contributed by atoms with Gasteiger partial charge in [0.2, 0.25) is 0 Å². The van der Waals surface area contributed by atoms with Gasteiger partial charge in [0.1, 0.15) is 11.6 Å². The van der Waals surface area contributed by atoms with Crippen molar-refractivity contribution in [1.29, 1.82) is 0 Å². The molecule has 2 N–H and O–H groups in total. The van der Waals surface area contributed by atoms with Gasteiger partial charge < -0.3 is 15.2 Å². The van der Waals surface area contributed by atoms with E-state index in [9.17, 15) is 18.8 Å². The Kier molecular flexibility index (Phi) is 8.44. The number of Topliss-reactive ketones (excluding diaryl/α,β-unsaturated/α-hetero) is 1. The highest BCUT2D eigenvalue weighted by Gasteiger charge is 2.27. The van der Waals surface area contributed by atoms with Crippen molar-refractivity contribution in [3.8, 4) is 5.75 Å². The number of carbonyl (C=O) groups excluding carboxylic acids is 2. The van der Waals surface area contributed by atoms with Gasteiger partial charge in [0.25, 0.3) is 5.91 Å². The lowest BCUT2D eigenvalue weighted by Crippen LogP contribution is -2.27. The van der Waals surface area contributed by atoms with E-state index in [4.69, 9.17) is 21.4 Å². The molecule has 0 bridgehead atoms. The number of carboxylic acids is 1. The summed E-state index contributed by atoms with van der Waals surface area (Å²) in [6, 6.07) is 9.15. The van der Waals surface area contributed by atoms with Crippen LogP contribution >= 0.6 is 11.6 Å². The van der Waals surface area contributed by atoms with E-state index in [-0.39, 0.29) is 42.2 Å². The topological polar surface area (TPSA) is 92.7 Å². The summed E-state index contributed by atoms with van der Waals surface area (Å²) in [7, 11) is 0. The molecular weight excluding hydrogens is 449 g/mol. The van der Waals surface area contributed by atoms with Crippen LogP contribution in [-0.4, -0.2) is 35.4 Å². The van der Waals surface area contributed by atoms with Crippen LogP contribution in [0.5, 0.6) is 5.75 Å². The van der Waals surface area contributed by atoms with Crippen LogP contribution in [0.15, 0.2) is 36.4 Å². The van der Waals surface area contributed by atoms with Crippen LogP contribution in [-0.2, 0) is 4.79 Å². The largest absolute Gasteiger partial charge is 0.490 e. The van der Waals surface area contributed by atoms with Crippen molar-refractivity contribution in [3.63, 3.8) is 0 Å². The van der Waals surface area contributed by atoms with Crippen molar-refractivity contribution in [2.45, 2.75) is 51.6 Å². The molecule has 0 radical (unpaired) electrons. The van der Waals surface area contributed by atoms with Gasteiger partial charge in [-0.2, -0.15) is 0 Å². The van der Waals surface area contributed by atoms with Gasteiger partial charge in [-0.3, -0.25) is 14.4 Å². The number of rotatable bonds is 9. The van der Waals surface area contributed by atoms with Crippen LogP contribution in [0.4, 0.5) is 4.39 Å². The van der Waals surface area contributed by atoms with Gasteiger partial charge in [-0.05, 0) is 74.9 Å². The molecule has 0 heterocycles. The molecule has 8 heteroatoms. The lowest BCUT2D eigenvalue weighted by atomic mass is 9.87. The Balaban J connectivity index is 1.45. The number of carbonyl (C=O) groups is 3.